The first-order valence-electron chi connectivity index (χ1n) is 4.63. The minimum Gasteiger partial charge on any atom is -0.315 e. The van der Waals surface area contributed by atoms with Gasteiger partial charge in [-0.25, -0.2) is 0 Å². The fraction of sp³-hybridized carbons (Fsp3) is 1.00. The Balaban J connectivity index is 2.19. The highest BCUT2D eigenvalue weighted by Gasteiger charge is 2.30. The van der Waals surface area contributed by atoms with E-state index in [0.29, 0.717) is 0 Å². The van der Waals surface area contributed by atoms with Crippen molar-refractivity contribution in [1.82, 2.24) is 10.2 Å². The molecule has 1 unspecified atom stereocenters. The molecule has 1 fully saturated rings. The molecule has 0 saturated heterocycles. The van der Waals surface area contributed by atoms with E-state index < -0.39 is 0 Å². The summed E-state index contributed by atoms with van der Waals surface area (Å²) in [7, 11) is 4.26. The molecular formula is C9H20N2. The summed E-state index contributed by atoms with van der Waals surface area (Å²) >= 11 is 0. The van der Waals surface area contributed by atoms with Crippen molar-refractivity contribution < 1.29 is 0 Å². The summed E-state index contributed by atoms with van der Waals surface area (Å²) in [5.41, 5.74) is 0. The number of likely N-dealkylation sites (N-methyl/N-ethyl adjacent to an activating group) is 2. The second-order valence-corrected chi connectivity index (χ2v) is 3.59. The van der Waals surface area contributed by atoms with Crippen molar-refractivity contribution in [2.24, 2.45) is 5.92 Å². The smallest absolute Gasteiger partial charge is 0.0220 e. The molecule has 0 heterocycles. The highest BCUT2D eigenvalue weighted by molar-refractivity contribution is 4.86. The molecule has 1 aliphatic rings. The molecule has 2 nitrogen and oxygen atoms in total. The van der Waals surface area contributed by atoms with Crippen LogP contribution >= 0.6 is 0 Å². The summed E-state index contributed by atoms with van der Waals surface area (Å²) in [6.07, 6.45) is 2.87. The van der Waals surface area contributed by atoms with Gasteiger partial charge in [-0.05, 0) is 39.4 Å². The van der Waals surface area contributed by atoms with Crippen LogP contribution in [0.25, 0.3) is 0 Å². The van der Waals surface area contributed by atoms with E-state index in [9.17, 15) is 0 Å². The van der Waals surface area contributed by atoms with Crippen molar-refractivity contribution in [3.63, 3.8) is 0 Å². The standard InChI is InChI=1S/C9H20N2/c1-4-11(3)7-9(10-2)8-5-6-8/h8-10H,4-7H2,1-3H3. The fourth-order valence-corrected chi connectivity index (χ4v) is 1.44. The molecule has 1 N–H and O–H groups in total. The van der Waals surface area contributed by atoms with Crippen LogP contribution in [-0.2, 0) is 0 Å². The first-order chi connectivity index (χ1) is 5.27. The van der Waals surface area contributed by atoms with Gasteiger partial charge in [0.05, 0.1) is 0 Å². The molecule has 0 radical (unpaired) electrons. The van der Waals surface area contributed by atoms with E-state index in [4.69, 9.17) is 0 Å². The van der Waals surface area contributed by atoms with E-state index in [-0.39, 0.29) is 0 Å². The summed E-state index contributed by atoms with van der Waals surface area (Å²) in [4.78, 5) is 2.37. The molecule has 1 saturated carbocycles. The molecule has 11 heavy (non-hydrogen) atoms. The third-order valence-corrected chi connectivity index (χ3v) is 2.61. The Bertz CT molecular complexity index is 110. The van der Waals surface area contributed by atoms with Crippen LogP contribution < -0.4 is 5.32 Å². The van der Waals surface area contributed by atoms with Crippen molar-refractivity contribution >= 4 is 0 Å². The second kappa shape index (κ2) is 4.07. The molecule has 0 spiro atoms. The number of hydrogen-bond donors (Lipinski definition) is 1. The minimum absolute atomic E-state index is 0.736. The largest absolute Gasteiger partial charge is 0.315 e. The third-order valence-electron chi connectivity index (χ3n) is 2.61. The highest BCUT2D eigenvalue weighted by Crippen LogP contribution is 2.32. The molecule has 2 heteroatoms. The maximum Gasteiger partial charge on any atom is 0.0220 e. The van der Waals surface area contributed by atoms with Gasteiger partial charge in [0, 0.05) is 12.6 Å². The summed E-state index contributed by atoms with van der Waals surface area (Å²) < 4.78 is 0. The first kappa shape index (κ1) is 9.01. The number of rotatable bonds is 5. The molecule has 1 rings (SSSR count). The predicted molar refractivity (Wildman–Crippen MR) is 48.7 cm³/mol. The van der Waals surface area contributed by atoms with E-state index in [2.05, 4.69) is 31.2 Å². The average molecular weight is 156 g/mol. The number of hydrogen-bond acceptors (Lipinski definition) is 2. The van der Waals surface area contributed by atoms with Crippen molar-refractivity contribution in [2.75, 3.05) is 27.2 Å². The van der Waals surface area contributed by atoms with Gasteiger partial charge < -0.3 is 10.2 Å². The van der Waals surface area contributed by atoms with Gasteiger partial charge in [-0.3, -0.25) is 0 Å². The normalized spacial score (nSPS) is 20.7. The monoisotopic (exact) mass is 156 g/mol. The predicted octanol–water partition coefficient (Wildman–Crippen LogP) is 0.936. The van der Waals surface area contributed by atoms with E-state index >= 15 is 0 Å². The van der Waals surface area contributed by atoms with Crippen molar-refractivity contribution in [1.29, 1.82) is 0 Å². The van der Waals surface area contributed by atoms with Crippen molar-refractivity contribution in [3.05, 3.63) is 0 Å². The quantitative estimate of drug-likeness (QED) is 0.637. The molecule has 0 aromatic heterocycles. The summed E-state index contributed by atoms with van der Waals surface area (Å²) in [5, 5.41) is 3.39. The van der Waals surface area contributed by atoms with Gasteiger partial charge in [-0.2, -0.15) is 0 Å². The van der Waals surface area contributed by atoms with E-state index in [1.165, 1.54) is 19.4 Å². The highest BCUT2D eigenvalue weighted by atomic mass is 15.1. The third kappa shape index (κ3) is 2.80. The Morgan fingerprint density at radius 3 is 2.55 bits per heavy atom. The molecule has 0 aliphatic heterocycles. The topological polar surface area (TPSA) is 15.3 Å². The number of nitrogens with zero attached hydrogens (tertiary/aromatic N) is 1. The van der Waals surface area contributed by atoms with Gasteiger partial charge in [0.25, 0.3) is 0 Å². The zero-order valence-corrected chi connectivity index (χ0v) is 7.93. The Kier molecular flexibility index (Phi) is 3.34. The summed E-state index contributed by atoms with van der Waals surface area (Å²) in [6.45, 7) is 4.57. The van der Waals surface area contributed by atoms with E-state index in [1.54, 1.807) is 0 Å². The van der Waals surface area contributed by atoms with Crippen molar-refractivity contribution in [2.45, 2.75) is 25.8 Å². The van der Waals surface area contributed by atoms with Crippen LogP contribution in [0.3, 0.4) is 0 Å². The van der Waals surface area contributed by atoms with Gasteiger partial charge in [0.1, 0.15) is 0 Å². The summed E-state index contributed by atoms with van der Waals surface area (Å²) in [6, 6.07) is 0.736. The second-order valence-electron chi connectivity index (χ2n) is 3.59. The Labute approximate surface area is 70.0 Å². The lowest BCUT2D eigenvalue weighted by atomic mass is 10.2. The minimum atomic E-state index is 0.736. The molecule has 0 amide bonds. The van der Waals surface area contributed by atoms with Crippen LogP contribution in [-0.4, -0.2) is 38.1 Å². The van der Waals surface area contributed by atoms with Gasteiger partial charge in [-0.1, -0.05) is 6.92 Å². The van der Waals surface area contributed by atoms with Crippen LogP contribution in [0.2, 0.25) is 0 Å². The maximum absolute atomic E-state index is 3.39. The lowest BCUT2D eigenvalue weighted by molar-refractivity contribution is 0.293. The molecule has 0 aromatic rings. The SMILES string of the molecule is CCN(C)CC(NC)C1CC1. The maximum atomic E-state index is 3.39. The molecule has 0 aromatic carbocycles. The lowest BCUT2D eigenvalue weighted by Crippen LogP contribution is -2.39. The van der Waals surface area contributed by atoms with Gasteiger partial charge in [0.15, 0.2) is 0 Å². The van der Waals surface area contributed by atoms with Crippen molar-refractivity contribution in [3.8, 4) is 0 Å². The van der Waals surface area contributed by atoms with Gasteiger partial charge in [-0.15, -0.1) is 0 Å². The van der Waals surface area contributed by atoms with Crippen LogP contribution in [0.4, 0.5) is 0 Å². The molecular weight excluding hydrogens is 136 g/mol. The van der Waals surface area contributed by atoms with Crippen LogP contribution in [0.5, 0.6) is 0 Å². The number of nitrogens with one attached hydrogen (secondary N) is 1. The Morgan fingerprint density at radius 1 is 1.55 bits per heavy atom. The van der Waals surface area contributed by atoms with Gasteiger partial charge >= 0.3 is 0 Å². The summed E-state index contributed by atoms with van der Waals surface area (Å²) in [5.74, 6) is 0.967. The van der Waals surface area contributed by atoms with Crippen LogP contribution in [0.1, 0.15) is 19.8 Å². The average Bonchev–Trinajstić information content (AvgIpc) is 2.82. The molecule has 66 valence electrons. The Morgan fingerprint density at radius 2 is 2.18 bits per heavy atom. The van der Waals surface area contributed by atoms with E-state index in [1.807, 2.05) is 0 Å². The Hall–Kier alpha value is -0.0800. The van der Waals surface area contributed by atoms with E-state index in [0.717, 1.165) is 18.5 Å². The molecule has 1 atom stereocenters. The molecule has 0 bridgehead atoms. The fourth-order valence-electron chi connectivity index (χ4n) is 1.44. The zero-order valence-electron chi connectivity index (χ0n) is 7.93. The van der Waals surface area contributed by atoms with Crippen LogP contribution in [0, 0.1) is 5.92 Å². The van der Waals surface area contributed by atoms with Gasteiger partial charge in [0.2, 0.25) is 0 Å². The van der Waals surface area contributed by atoms with Crippen LogP contribution in [0.15, 0.2) is 0 Å². The lowest BCUT2D eigenvalue weighted by Gasteiger charge is -2.22. The first-order valence-corrected chi connectivity index (χ1v) is 4.63. The molecule has 1 aliphatic carbocycles. The zero-order chi connectivity index (χ0) is 8.27.